The summed E-state index contributed by atoms with van der Waals surface area (Å²) in [7, 11) is 0. The van der Waals surface area contributed by atoms with Gasteiger partial charge in [0.15, 0.2) is 4.33 Å². The largest absolute Gasteiger partial charge is 1.00 e. The molecule has 1 N–H and O–H groups in total. The van der Waals surface area contributed by atoms with Crippen molar-refractivity contribution in [1.82, 2.24) is 5.32 Å². The maximum absolute atomic E-state index is 11.3. The van der Waals surface area contributed by atoms with Crippen molar-refractivity contribution in [3.05, 3.63) is 0 Å². The Hall–Kier alpha value is 1.01. The van der Waals surface area contributed by atoms with Gasteiger partial charge in [0.05, 0.1) is 5.97 Å². The second-order valence-electron chi connectivity index (χ2n) is 7.80. The first-order valence-electron chi connectivity index (χ1n) is 11.3. The second-order valence-corrected chi connectivity index (χ2v) is 9.19. The van der Waals surface area contributed by atoms with E-state index in [4.69, 9.17) is 23.2 Å². The first-order valence-corrected chi connectivity index (χ1v) is 12.0. The van der Waals surface area contributed by atoms with E-state index in [0.717, 1.165) is 32.2 Å². The molecule has 28 heavy (non-hydrogen) atoms. The van der Waals surface area contributed by atoms with Gasteiger partial charge in [-0.1, -0.05) is 127 Å². The number of rotatable bonds is 20. The van der Waals surface area contributed by atoms with E-state index in [1.807, 2.05) is 0 Å². The smallest absolute Gasteiger partial charge is 0.547 e. The molecule has 1 atom stereocenters. The van der Waals surface area contributed by atoms with Gasteiger partial charge in [0, 0.05) is 6.04 Å². The van der Waals surface area contributed by atoms with Gasteiger partial charge in [-0.05, 0) is 19.4 Å². The summed E-state index contributed by atoms with van der Waals surface area (Å²) in [5, 5.41) is 14.6. The van der Waals surface area contributed by atoms with Crippen molar-refractivity contribution >= 4 is 29.2 Å². The molecule has 0 aromatic rings. The van der Waals surface area contributed by atoms with Gasteiger partial charge in [-0.25, -0.2) is 0 Å². The number of carbonyl (C=O) groups excluding carboxylic acids is 1. The molecule has 1 unspecified atom stereocenters. The van der Waals surface area contributed by atoms with E-state index >= 15 is 0 Å². The molecule has 0 aliphatic rings. The number of nitrogens with one attached hydrogen (secondary N) is 1. The predicted molar refractivity (Wildman–Crippen MR) is 116 cm³/mol. The number of halogens is 2. The molecule has 0 saturated heterocycles. The van der Waals surface area contributed by atoms with Crippen LogP contribution in [0.3, 0.4) is 0 Å². The van der Waals surface area contributed by atoms with Crippen LogP contribution < -0.4 is 40.0 Å². The molecule has 0 heterocycles. The van der Waals surface area contributed by atoms with Crippen LogP contribution in [0, 0.1) is 0 Å². The van der Waals surface area contributed by atoms with Crippen molar-refractivity contribution in [1.29, 1.82) is 0 Å². The van der Waals surface area contributed by atoms with Gasteiger partial charge in [-0.3, -0.25) is 0 Å². The molecule has 0 fully saturated rings. The first-order chi connectivity index (χ1) is 13.0. The molecule has 6 heteroatoms. The summed E-state index contributed by atoms with van der Waals surface area (Å²) in [4.78, 5) is 11.3. The Morgan fingerprint density at radius 3 is 1.61 bits per heavy atom. The van der Waals surface area contributed by atoms with Crippen LogP contribution in [-0.4, -0.2) is 22.9 Å². The third-order valence-electron chi connectivity index (χ3n) is 5.23. The van der Waals surface area contributed by atoms with Crippen molar-refractivity contribution in [2.75, 3.05) is 6.54 Å². The zero-order valence-corrected chi connectivity index (χ0v) is 22.2. The number of carboxylic acids is 1. The van der Waals surface area contributed by atoms with E-state index in [1.54, 1.807) is 0 Å². The minimum Gasteiger partial charge on any atom is -0.547 e. The third-order valence-corrected chi connectivity index (χ3v) is 6.06. The number of unbranched alkanes of at least 4 members (excludes halogenated alkanes) is 13. The number of carboxylic acid groups (broad SMARTS) is 1. The van der Waals surface area contributed by atoms with Gasteiger partial charge in [-0.2, -0.15) is 0 Å². The fraction of sp³-hybridized carbons (Fsp3) is 0.955. The Labute approximate surface area is 206 Å². The molecule has 0 amide bonds. The SMILES string of the molecule is CCCCCCCCCCCC(NCCCCCCCC)C(Cl)(Cl)C(=O)[O-].[Na+]. The van der Waals surface area contributed by atoms with Crippen LogP contribution in [0.2, 0.25) is 0 Å². The minimum absolute atomic E-state index is 0. The number of carbonyl (C=O) groups is 1. The summed E-state index contributed by atoms with van der Waals surface area (Å²) in [6.45, 7) is 5.19. The summed E-state index contributed by atoms with van der Waals surface area (Å²) in [6.07, 6.45) is 18.9. The van der Waals surface area contributed by atoms with E-state index < -0.39 is 16.3 Å². The predicted octanol–water partition coefficient (Wildman–Crippen LogP) is 3.15. The molecule has 0 spiro atoms. The number of hydrogen-bond donors (Lipinski definition) is 1. The fourth-order valence-electron chi connectivity index (χ4n) is 3.39. The molecule has 0 aliphatic carbocycles. The molecule has 0 rings (SSSR count). The first kappa shape index (κ1) is 31.2. The molecule has 0 aromatic carbocycles. The molecule has 0 bridgehead atoms. The Balaban J connectivity index is 0. The van der Waals surface area contributed by atoms with Crippen LogP contribution in [0.1, 0.15) is 117 Å². The maximum Gasteiger partial charge on any atom is 1.00 e. The summed E-state index contributed by atoms with van der Waals surface area (Å²) < 4.78 is -1.86. The second kappa shape index (κ2) is 21.2. The molecule has 0 radical (unpaired) electrons. The van der Waals surface area contributed by atoms with Crippen molar-refractivity contribution in [3.63, 3.8) is 0 Å². The van der Waals surface area contributed by atoms with Crippen LogP contribution in [0.4, 0.5) is 0 Å². The molecule has 3 nitrogen and oxygen atoms in total. The van der Waals surface area contributed by atoms with Crippen molar-refractivity contribution in [2.45, 2.75) is 127 Å². The average molecular weight is 446 g/mol. The van der Waals surface area contributed by atoms with Gasteiger partial charge in [0.25, 0.3) is 0 Å². The van der Waals surface area contributed by atoms with Crippen molar-refractivity contribution < 1.29 is 39.5 Å². The fourth-order valence-corrected chi connectivity index (χ4v) is 3.77. The molecule has 162 valence electrons. The quantitative estimate of drug-likeness (QED) is 0.178. The zero-order chi connectivity index (χ0) is 20.4. The normalized spacial score (nSPS) is 12.6. The molecule has 0 aliphatic heterocycles. The van der Waals surface area contributed by atoms with Crippen LogP contribution in [0.25, 0.3) is 0 Å². The van der Waals surface area contributed by atoms with Gasteiger partial charge in [0.2, 0.25) is 0 Å². The molecule has 0 saturated carbocycles. The summed E-state index contributed by atoms with van der Waals surface area (Å²) >= 11 is 12.1. The average Bonchev–Trinajstić information content (AvgIpc) is 2.63. The summed E-state index contributed by atoms with van der Waals surface area (Å²) in [5.41, 5.74) is 0. The molecule has 0 aromatic heterocycles. The van der Waals surface area contributed by atoms with Gasteiger partial charge >= 0.3 is 29.6 Å². The monoisotopic (exact) mass is 445 g/mol. The van der Waals surface area contributed by atoms with Crippen LogP contribution in [0.15, 0.2) is 0 Å². The third kappa shape index (κ3) is 16.8. The molecular weight excluding hydrogens is 404 g/mol. The maximum atomic E-state index is 11.3. The summed E-state index contributed by atoms with van der Waals surface area (Å²) in [6, 6.07) is -0.453. The van der Waals surface area contributed by atoms with E-state index in [-0.39, 0.29) is 29.6 Å². The minimum atomic E-state index is -1.86. The van der Waals surface area contributed by atoms with E-state index in [9.17, 15) is 9.90 Å². The van der Waals surface area contributed by atoms with E-state index in [0.29, 0.717) is 6.42 Å². The number of hydrogen-bond acceptors (Lipinski definition) is 3. The van der Waals surface area contributed by atoms with Gasteiger partial charge < -0.3 is 15.2 Å². The Morgan fingerprint density at radius 2 is 1.18 bits per heavy atom. The van der Waals surface area contributed by atoms with Gasteiger partial charge in [-0.15, -0.1) is 0 Å². The Kier molecular flexibility index (Phi) is 23.7. The van der Waals surface area contributed by atoms with E-state index in [1.165, 1.54) is 70.6 Å². The van der Waals surface area contributed by atoms with E-state index in [2.05, 4.69) is 19.2 Å². The van der Waals surface area contributed by atoms with Crippen LogP contribution in [0.5, 0.6) is 0 Å². The topological polar surface area (TPSA) is 52.2 Å². The zero-order valence-electron chi connectivity index (χ0n) is 18.7. The number of alkyl halides is 2. The summed E-state index contributed by atoms with van der Waals surface area (Å²) in [5.74, 6) is -1.40. The Morgan fingerprint density at radius 1 is 0.786 bits per heavy atom. The van der Waals surface area contributed by atoms with Crippen LogP contribution >= 0.6 is 23.2 Å². The van der Waals surface area contributed by atoms with Crippen molar-refractivity contribution in [3.8, 4) is 0 Å². The van der Waals surface area contributed by atoms with Gasteiger partial charge in [0.1, 0.15) is 0 Å². The Bertz CT molecular complexity index is 357. The van der Waals surface area contributed by atoms with Crippen molar-refractivity contribution in [2.24, 2.45) is 0 Å². The number of aliphatic carboxylic acids is 1. The standard InChI is InChI=1S/C22H43Cl2NO2.Na/c1-3-5-7-9-11-12-13-14-16-18-20(22(23,24)21(26)27)25-19-17-15-10-8-6-4-2;/h20,25H,3-19H2,1-2H3,(H,26,27);/q;+1/p-1. The molecular formula is C22H42Cl2NNaO2. The van der Waals surface area contributed by atoms with Crippen LogP contribution in [-0.2, 0) is 4.79 Å².